The summed E-state index contributed by atoms with van der Waals surface area (Å²) in [5.41, 5.74) is 2.55. The molecule has 2 saturated heterocycles. The van der Waals surface area contributed by atoms with Gasteiger partial charge >= 0.3 is 0 Å². The average Bonchev–Trinajstić information content (AvgIpc) is 3.11. The number of rotatable bonds is 5. The number of benzene rings is 1. The van der Waals surface area contributed by atoms with Crippen molar-refractivity contribution in [2.75, 3.05) is 32.8 Å². The van der Waals surface area contributed by atoms with Crippen LogP contribution in [0.5, 0.6) is 0 Å². The number of hydrogen-bond donors (Lipinski definition) is 2. The topological polar surface area (TPSA) is 53.6 Å². The molecular weight excluding hydrogens is 302 g/mol. The zero-order valence-electron chi connectivity index (χ0n) is 14.8. The maximum Gasteiger partial charge on any atom is 0.239 e. The summed E-state index contributed by atoms with van der Waals surface area (Å²) >= 11 is 0. The Morgan fingerprint density at radius 3 is 2.71 bits per heavy atom. The molecule has 2 N–H and O–H groups in total. The smallest absolute Gasteiger partial charge is 0.239 e. The Balaban J connectivity index is 1.65. The summed E-state index contributed by atoms with van der Waals surface area (Å²) in [6.45, 7) is 8.32. The molecule has 1 amide bonds. The molecular formula is C19H29N3O2. The third kappa shape index (κ3) is 4.15. The summed E-state index contributed by atoms with van der Waals surface area (Å²) in [6.07, 6.45) is 2.40. The molecule has 0 radical (unpaired) electrons. The van der Waals surface area contributed by atoms with Crippen LogP contribution in [0, 0.1) is 6.92 Å². The number of amides is 1. The highest BCUT2D eigenvalue weighted by molar-refractivity contribution is 5.82. The van der Waals surface area contributed by atoms with Gasteiger partial charge in [-0.15, -0.1) is 0 Å². The van der Waals surface area contributed by atoms with Crippen molar-refractivity contribution in [1.82, 2.24) is 15.5 Å². The summed E-state index contributed by atoms with van der Waals surface area (Å²) in [5.74, 6) is 0.0403. The molecule has 3 rings (SSSR count). The van der Waals surface area contributed by atoms with E-state index in [1.807, 2.05) is 6.92 Å². The second-order valence-corrected chi connectivity index (χ2v) is 6.92. The van der Waals surface area contributed by atoms with Crippen LogP contribution in [0.2, 0.25) is 0 Å². The number of aryl methyl sites for hydroxylation is 1. The second-order valence-electron chi connectivity index (χ2n) is 6.92. The molecule has 0 aromatic heterocycles. The molecule has 3 atom stereocenters. The van der Waals surface area contributed by atoms with Crippen molar-refractivity contribution >= 4 is 5.91 Å². The Morgan fingerprint density at radius 2 is 2.04 bits per heavy atom. The Hall–Kier alpha value is -1.43. The Morgan fingerprint density at radius 1 is 1.33 bits per heavy atom. The lowest BCUT2D eigenvalue weighted by molar-refractivity contribution is -0.129. The number of morpholine rings is 1. The van der Waals surface area contributed by atoms with E-state index in [0.29, 0.717) is 13.2 Å². The highest BCUT2D eigenvalue weighted by atomic mass is 16.5. The molecule has 0 saturated carbocycles. The number of hydrogen-bond acceptors (Lipinski definition) is 4. The molecule has 1 aromatic rings. The molecule has 5 nitrogen and oxygen atoms in total. The van der Waals surface area contributed by atoms with Crippen LogP contribution in [0.4, 0.5) is 0 Å². The third-order valence-corrected chi connectivity index (χ3v) is 5.11. The highest BCUT2D eigenvalue weighted by Gasteiger charge is 2.30. The van der Waals surface area contributed by atoms with Crippen LogP contribution in [0.25, 0.3) is 0 Å². The number of nitrogens with zero attached hydrogens (tertiary/aromatic N) is 1. The fraction of sp³-hybridized carbons (Fsp3) is 0.632. The van der Waals surface area contributed by atoms with E-state index in [1.54, 1.807) is 0 Å². The molecule has 0 spiro atoms. The minimum absolute atomic E-state index is 0.0403. The Bertz CT molecular complexity index is 540. The first kappa shape index (κ1) is 17.4. The van der Waals surface area contributed by atoms with E-state index >= 15 is 0 Å². The molecule has 0 aliphatic carbocycles. The van der Waals surface area contributed by atoms with Gasteiger partial charge < -0.3 is 15.4 Å². The van der Waals surface area contributed by atoms with Gasteiger partial charge in [0.05, 0.1) is 18.8 Å². The lowest BCUT2D eigenvalue weighted by Gasteiger charge is -2.32. The van der Waals surface area contributed by atoms with Gasteiger partial charge in [-0.25, -0.2) is 0 Å². The zero-order valence-corrected chi connectivity index (χ0v) is 14.8. The van der Waals surface area contributed by atoms with Gasteiger partial charge in [-0.05, 0) is 45.3 Å². The van der Waals surface area contributed by atoms with Crippen LogP contribution in [-0.4, -0.2) is 55.7 Å². The number of carbonyl (C=O) groups is 1. The van der Waals surface area contributed by atoms with E-state index in [0.717, 1.165) is 19.6 Å². The molecule has 2 heterocycles. The molecule has 2 fully saturated rings. The first-order valence-electron chi connectivity index (χ1n) is 9.08. The normalized spacial score (nSPS) is 26.2. The van der Waals surface area contributed by atoms with Crippen molar-refractivity contribution in [3.63, 3.8) is 0 Å². The quantitative estimate of drug-likeness (QED) is 0.861. The minimum atomic E-state index is -0.254. The van der Waals surface area contributed by atoms with Gasteiger partial charge in [0.2, 0.25) is 5.91 Å². The SMILES string of the molecule is Cc1ccc(C(CNC(=O)[C@H]2NCCO[C@@H]2C)N2CCCC2)cc1. The summed E-state index contributed by atoms with van der Waals surface area (Å²) in [4.78, 5) is 15.0. The van der Waals surface area contributed by atoms with E-state index < -0.39 is 0 Å². The number of ether oxygens (including phenoxy) is 1. The molecule has 1 unspecified atom stereocenters. The second kappa shape index (κ2) is 8.10. The lowest BCUT2D eigenvalue weighted by atomic mass is 10.0. The van der Waals surface area contributed by atoms with Crippen LogP contribution < -0.4 is 10.6 Å². The van der Waals surface area contributed by atoms with E-state index in [9.17, 15) is 4.79 Å². The average molecular weight is 331 g/mol. The van der Waals surface area contributed by atoms with Crippen LogP contribution in [-0.2, 0) is 9.53 Å². The van der Waals surface area contributed by atoms with Gasteiger partial charge in [-0.2, -0.15) is 0 Å². The first-order chi connectivity index (χ1) is 11.6. The third-order valence-electron chi connectivity index (χ3n) is 5.11. The summed E-state index contributed by atoms with van der Waals surface area (Å²) in [5, 5.41) is 6.41. The predicted molar refractivity (Wildman–Crippen MR) is 94.9 cm³/mol. The fourth-order valence-electron chi connectivity index (χ4n) is 3.63. The number of nitrogens with one attached hydrogen (secondary N) is 2. The van der Waals surface area contributed by atoms with E-state index in [-0.39, 0.29) is 24.1 Å². The van der Waals surface area contributed by atoms with Crippen LogP contribution in [0.15, 0.2) is 24.3 Å². The van der Waals surface area contributed by atoms with Crippen molar-refractivity contribution in [2.24, 2.45) is 0 Å². The van der Waals surface area contributed by atoms with Gasteiger partial charge in [-0.3, -0.25) is 9.69 Å². The largest absolute Gasteiger partial charge is 0.375 e. The molecule has 24 heavy (non-hydrogen) atoms. The van der Waals surface area contributed by atoms with E-state index in [1.165, 1.54) is 24.0 Å². The molecule has 0 bridgehead atoms. The molecule has 1 aromatic carbocycles. The van der Waals surface area contributed by atoms with Gasteiger partial charge in [-0.1, -0.05) is 29.8 Å². The predicted octanol–water partition coefficient (Wildman–Crippen LogP) is 1.63. The maximum absolute atomic E-state index is 12.5. The van der Waals surface area contributed by atoms with Crippen molar-refractivity contribution in [3.05, 3.63) is 35.4 Å². The standard InChI is InChI=1S/C19H29N3O2/c1-14-5-7-16(8-6-14)17(22-10-3-4-11-22)13-21-19(23)18-15(2)24-12-9-20-18/h5-8,15,17-18,20H,3-4,9-13H2,1-2H3,(H,21,23)/t15-,17?,18+/m1/s1. The first-order valence-corrected chi connectivity index (χ1v) is 9.08. The molecule has 5 heteroatoms. The highest BCUT2D eigenvalue weighted by Crippen LogP contribution is 2.25. The van der Waals surface area contributed by atoms with Crippen LogP contribution >= 0.6 is 0 Å². The van der Waals surface area contributed by atoms with Gasteiger partial charge in [0.25, 0.3) is 0 Å². The maximum atomic E-state index is 12.5. The fourth-order valence-corrected chi connectivity index (χ4v) is 3.63. The minimum Gasteiger partial charge on any atom is -0.375 e. The molecule has 2 aliphatic rings. The summed E-state index contributed by atoms with van der Waals surface area (Å²) in [6, 6.07) is 8.68. The van der Waals surface area contributed by atoms with Crippen molar-refractivity contribution in [3.8, 4) is 0 Å². The number of carbonyl (C=O) groups excluding carboxylic acids is 1. The van der Waals surface area contributed by atoms with E-state index in [4.69, 9.17) is 4.74 Å². The van der Waals surface area contributed by atoms with Crippen LogP contribution in [0.1, 0.15) is 36.9 Å². The lowest BCUT2D eigenvalue weighted by Crippen LogP contribution is -2.56. The monoisotopic (exact) mass is 331 g/mol. The Kier molecular flexibility index (Phi) is 5.87. The van der Waals surface area contributed by atoms with Crippen molar-refractivity contribution in [1.29, 1.82) is 0 Å². The Labute approximate surface area is 144 Å². The van der Waals surface area contributed by atoms with Crippen LogP contribution in [0.3, 0.4) is 0 Å². The van der Waals surface area contributed by atoms with Crippen molar-refractivity contribution in [2.45, 2.75) is 44.9 Å². The van der Waals surface area contributed by atoms with Gasteiger partial charge in [0.1, 0.15) is 6.04 Å². The van der Waals surface area contributed by atoms with Gasteiger partial charge in [0, 0.05) is 13.1 Å². The van der Waals surface area contributed by atoms with Gasteiger partial charge in [0.15, 0.2) is 0 Å². The molecule has 132 valence electrons. The summed E-state index contributed by atoms with van der Waals surface area (Å²) in [7, 11) is 0. The summed E-state index contributed by atoms with van der Waals surface area (Å²) < 4.78 is 5.58. The number of likely N-dealkylation sites (tertiary alicyclic amines) is 1. The molecule has 2 aliphatic heterocycles. The zero-order chi connectivity index (χ0) is 16.9. The van der Waals surface area contributed by atoms with E-state index in [2.05, 4.69) is 46.7 Å². The van der Waals surface area contributed by atoms with Crippen molar-refractivity contribution < 1.29 is 9.53 Å².